The van der Waals surface area contributed by atoms with Gasteiger partial charge < -0.3 is 20.4 Å². The van der Waals surface area contributed by atoms with Crippen LogP contribution in [0.15, 0.2) is 79.1 Å². The quantitative estimate of drug-likeness (QED) is 0.155. The number of anilines is 6. The third-order valence-electron chi connectivity index (χ3n) is 9.69. The normalized spacial score (nSPS) is 15.0. The highest BCUT2D eigenvalue weighted by Crippen LogP contribution is 2.47. The fourth-order valence-corrected chi connectivity index (χ4v) is 7.35. The van der Waals surface area contributed by atoms with E-state index in [0.717, 1.165) is 81.8 Å². The van der Waals surface area contributed by atoms with E-state index in [0.29, 0.717) is 6.42 Å². The van der Waals surface area contributed by atoms with Gasteiger partial charge >= 0.3 is 0 Å². The Kier molecular flexibility index (Phi) is 9.69. The van der Waals surface area contributed by atoms with Gasteiger partial charge in [-0.1, -0.05) is 39.8 Å². The van der Waals surface area contributed by atoms with Crippen molar-refractivity contribution in [1.82, 2.24) is 34.7 Å². The lowest BCUT2D eigenvalue weighted by Crippen LogP contribution is -2.25. The highest BCUT2D eigenvalue weighted by molar-refractivity contribution is 6.28. The van der Waals surface area contributed by atoms with Gasteiger partial charge in [-0.05, 0) is 84.8 Å². The summed E-state index contributed by atoms with van der Waals surface area (Å²) in [7, 11) is 3.70. The molecule has 0 saturated heterocycles. The number of hydrogen-bond acceptors (Lipinski definition) is 10. The van der Waals surface area contributed by atoms with Gasteiger partial charge in [-0.25, -0.2) is 33.4 Å². The van der Waals surface area contributed by atoms with Gasteiger partial charge in [0.05, 0.1) is 5.69 Å². The Hall–Kier alpha value is -5.69. The Morgan fingerprint density at radius 1 is 0.667 bits per heavy atom. The molecule has 0 radical (unpaired) electrons. The Morgan fingerprint density at radius 3 is 1.63 bits per heavy atom. The van der Waals surface area contributed by atoms with E-state index in [4.69, 9.17) is 21.6 Å². The SMILES string of the molecule is CNc1nc(Cc2ccc(-n3cnc(C)n3)cc2)nc2c1C(C)(C)CN2c1ccc(F)cc1.CNc1nc(Cl)nc2c1C(C)(C)CN2c1ccc(F)cc1. The minimum atomic E-state index is -0.255. The number of hydrogen-bond donors (Lipinski definition) is 2. The number of nitrogens with zero attached hydrogens (tertiary/aromatic N) is 9. The molecule has 0 aliphatic carbocycles. The van der Waals surface area contributed by atoms with Crippen LogP contribution in [0.25, 0.3) is 5.69 Å². The third-order valence-corrected chi connectivity index (χ3v) is 9.86. The molecule has 2 N–H and O–H groups in total. The van der Waals surface area contributed by atoms with E-state index in [1.54, 1.807) is 35.3 Å². The molecule has 2 aliphatic rings. The van der Waals surface area contributed by atoms with E-state index < -0.39 is 0 Å². The number of aromatic nitrogens is 7. The van der Waals surface area contributed by atoms with Gasteiger partial charge in [0.2, 0.25) is 5.28 Å². The van der Waals surface area contributed by atoms with Gasteiger partial charge in [0.15, 0.2) is 0 Å². The van der Waals surface area contributed by atoms with Crippen LogP contribution in [0.1, 0.15) is 56.0 Å². The second kappa shape index (κ2) is 14.3. The molecular formula is C40H42ClF2N11. The summed E-state index contributed by atoms with van der Waals surface area (Å²) in [6.07, 6.45) is 2.30. The molecule has 0 bridgehead atoms. The largest absolute Gasteiger partial charge is 0.373 e. The molecule has 14 heteroatoms. The first kappa shape index (κ1) is 36.7. The Morgan fingerprint density at radius 2 is 1.15 bits per heavy atom. The Balaban J connectivity index is 0.000000184. The summed E-state index contributed by atoms with van der Waals surface area (Å²) in [6.45, 7) is 12.0. The minimum absolute atomic E-state index is 0.132. The van der Waals surface area contributed by atoms with Crippen molar-refractivity contribution in [3.8, 4) is 5.69 Å². The van der Waals surface area contributed by atoms with E-state index in [9.17, 15) is 8.78 Å². The van der Waals surface area contributed by atoms with E-state index >= 15 is 0 Å². The van der Waals surface area contributed by atoms with Gasteiger partial charge in [0, 0.05) is 66.9 Å². The van der Waals surface area contributed by atoms with Crippen molar-refractivity contribution in [1.29, 1.82) is 0 Å². The van der Waals surface area contributed by atoms with Crippen LogP contribution in [0.5, 0.6) is 0 Å². The molecule has 0 saturated carbocycles. The van der Waals surface area contributed by atoms with Crippen molar-refractivity contribution in [3.05, 3.63) is 124 Å². The van der Waals surface area contributed by atoms with Crippen molar-refractivity contribution in [2.75, 3.05) is 47.6 Å². The first-order valence-corrected chi connectivity index (χ1v) is 18.0. The summed E-state index contributed by atoms with van der Waals surface area (Å²) in [5.41, 5.74) is 5.68. The van der Waals surface area contributed by atoms with Gasteiger partial charge in [0.1, 0.15) is 52.9 Å². The predicted molar refractivity (Wildman–Crippen MR) is 210 cm³/mol. The van der Waals surface area contributed by atoms with Crippen molar-refractivity contribution < 1.29 is 8.78 Å². The molecule has 0 unspecified atom stereocenters. The molecule has 5 heterocycles. The second-order valence-corrected chi connectivity index (χ2v) is 15.0. The lowest BCUT2D eigenvalue weighted by atomic mass is 9.88. The summed E-state index contributed by atoms with van der Waals surface area (Å²) in [4.78, 5) is 26.8. The van der Waals surface area contributed by atoms with Gasteiger partial charge in [-0.15, -0.1) is 0 Å². The van der Waals surface area contributed by atoms with Crippen LogP contribution in [-0.2, 0) is 17.3 Å². The predicted octanol–water partition coefficient (Wildman–Crippen LogP) is 8.31. The molecule has 2 aliphatic heterocycles. The number of rotatable bonds is 7. The lowest BCUT2D eigenvalue weighted by molar-refractivity contribution is 0.568. The van der Waals surface area contributed by atoms with Crippen molar-refractivity contribution in [2.45, 2.75) is 51.9 Å². The van der Waals surface area contributed by atoms with Crippen molar-refractivity contribution >= 4 is 46.2 Å². The number of nitrogens with one attached hydrogen (secondary N) is 2. The third kappa shape index (κ3) is 7.15. The van der Waals surface area contributed by atoms with Crippen LogP contribution >= 0.6 is 11.6 Å². The maximum atomic E-state index is 13.5. The first-order valence-electron chi connectivity index (χ1n) is 17.6. The van der Waals surface area contributed by atoms with Crippen molar-refractivity contribution in [3.63, 3.8) is 0 Å². The molecule has 0 amide bonds. The van der Waals surface area contributed by atoms with E-state index in [-0.39, 0.29) is 27.7 Å². The van der Waals surface area contributed by atoms with E-state index in [1.165, 1.54) is 24.3 Å². The van der Waals surface area contributed by atoms with Crippen LogP contribution in [0, 0.1) is 18.6 Å². The van der Waals surface area contributed by atoms with Gasteiger partial charge in [-0.2, -0.15) is 10.1 Å². The maximum Gasteiger partial charge on any atom is 0.226 e. The highest BCUT2D eigenvalue weighted by atomic mass is 35.5. The summed E-state index contributed by atoms with van der Waals surface area (Å²) >= 11 is 6.03. The molecule has 54 heavy (non-hydrogen) atoms. The number of aryl methyl sites for hydroxylation is 1. The molecule has 3 aromatic carbocycles. The second-order valence-electron chi connectivity index (χ2n) is 14.7. The summed E-state index contributed by atoms with van der Waals surface area (Å²) in [6, 6.07) is 21.1. The minimum Gasteiger partial charge on any atom is -0.373 e. The zero-order valence-corrected chi connectivity index (χ0v) is 32.0. The maximum absolute atomic E-state index is 13.5. The highest BCUT2D eigenvalue weighted by Gasteiger charge is 2.41. The molecule has 278 valence electrons. The molecule has 0 spiro atoms. The monoisotopic (exact) mass is 749 g/mol. The summed E-state index contributed by atoms with van der Waals surface area (Å²) in [5.74, 6) is 4.17. The first-order chi connectivity index (χ1) is 25.8. The fraction of sp³-hybridized carbons (Fsp3) is 0.300. The molecule has 3 aromatic heterocycles. The Bertz CT molecular complexity index is 2290. The van der Waals surface area contributed by atoms with Gasteiger partial charge in [0.25, 0.3) is 0 Å². The van der Waals surface area contributed by atoms with Crippen LogP contribution in [0.2, 0.25) is 5.28 Å². The number of benzene rings is 3. The summed E-state index contributed by atoms with van der Waals surface area (Å²) < 4.78 is 28.4. The topological polar surface area (TPSA) is 113 Å². The van der Waals surface area contributed by atoms with Crippen LogP contribution in [0.4, 0.5) is 43.4 Å². The average Bonchev–Trinajstić information content (AvgIpc) is 3.79. The molecule has 6 aromatic rings. The van der Waals surface area contributed by atoms with Crippen molar-refractivity contribution in [2.24, 2.45) is 0 Å². The smallest absolute Gasteiger partial charge is 0.226 e. The van der Waals surface area contributed by atoms with E-state index in [1.807, 2.05) is 38.1 Å². The number of halogens is 3. The zero-order valence-electron chi connectivity index (χ0n) is 31.3. The lowest BCUT2D eigenvalue weighted by Gasteiger charge is -2.21. The van der Waals surface area contributed by atoms with Gasteiger partial charge in [-0.3, -0.25) is 0 Å². The van der Waals surface area contributed by atoms with E-state index in [2.05, 4.69) is 75.4 Å². The fourth-order valence-electron chi connectivity index (χ4n) is 7.18. The van der Waals surface area contributed by atoms with Crippen LogP contribution in [-0.4, -0.2) is 61.9 Å². The standard InChI is InChI=1S/C25H26FN7.C15H16ClFN4/c1-16-28-15-33(31-16)20-9-5-17(6-10-20)13-21-29-23(27-4)22-24(30-21)32(14-25(22,2)3)19-11-7-18(26)8-12-19;1-15(2)8-21(10-6-4-9(17)5-7-10)13-11(15)12(18-3)19-14(16)20-13/h5-12,15H,13-14H2,1-4H3,(H,27,29,30);4-7H,8H2,1-3H3,(H,18,19,20). The molecule has 0 fully saturated rings. The summed E-state index contributed by atoms with van der Waals surface area (Å²) in [5, 5.41) is 10.9. The zero-order chi connectivity index (χ0) is 38.4. The molecule has 8 rings (SSSR count). The van der Waals surface area contributed by atoms with Crippen LogP contribution in [0.3, 0.4) is 0 Å². The average molecular weight is 750 g/mol. The molecule has 11 nitrogen and oxygen atoms in total. The molecular weight excluding hydrogens is 708 g/mol. The number of fused-ring (bicyclic) bond motifs is 2. The molecule has 0 atom stereocenters. The Labute approximate surface area is 318 Å². The van der Waals surface area contributed by atoms with Crippen LogP contribution < -0.4 is 20.4 Å².